The number of thioether (sulfide) groups is 1. The molecule has 4 aromatic heterocycles. The normalized spacial score (nSPS) is 14.7. The minimum Gasteiger partial charge on any atom is -0.305 e. The van der Waals surface area contributed by atoms with Crippen LogP contribution in [0.1, 0.15) is 18.7 Å². The fraction of sp³-hybridized carbons (Fsp3) is 0.130. The molecule has 9 rings (SSSR count). The van der Waals surface area contributed by atoms with Crippen molar-refractivity contribution in [3.05, 3.63) is 175 Å². The molecule has 0 fully saturated rings. The van der Waals surface area contributed by atoms with E-state index in [1.807, 2.05) is 103 Å². The summed E-state index contributed by atoms with van der Waals surface area (Å²) >= 11 is 1.56. The van der Waals surface area contributed by atoms with Gasteiger partial charge >= 0.3 is 5.65 Å². The maximum atomic E-state index is 5.06. The molecular weight excluding hydrogens is 753 g/mol. The second-order valence-electron chi connectivity index (χ2n) is 13.9. The van der Waals surface area contributed by atoms with Crippen LogP contribution in [0.2, 0.25) is 0 Å². The first kappa shape index (κ1) is 37.3. The molecule has 1 aliphatic heterocycles. The maximum absolute atomic E-state index is 5.06. The van der Waals surface area contributed by atoms with Crippen molar-refractivity contribution in [3.63, 3.8) is 0 Å². The van der Waals surface area contributed by atoms with Crippen LogP contribution in [0.15, 0.2) is 175 Å². The minimum atomic E-state index is 0.558. The van der Waals surface area contributed by atoms with Gasteiger partial charge in [-0.25, -0.2) is 24.1 Å². The summed E-state index contributed by atoms with van der Waals surface area (Å²) in [5.74, 6) is 3.46. The average Bonchev–Trinajstić information content (AvgIpc) is 4.02. The van der Waals surface area contributed by atoms with E-state index in [1.165, 1.54) is 0 Å². The number of allylic oxidation sites excluding steroid dienone is 7. The van der Waals surface area contributed by atoms with E-state index in [-0.39, 0.29) is 0 Å². The van der Waals surface area contributed by atoms with Gasteiger partial charge in [-0.1, -0.05) is 97.1 Å². The molecule has 0 N–H and O–H groups in total. The van der Waals surface area contributed by atoms with Gasteiger partial charge in [-0.3, -0.25) is 0 Å². The van der Waals surface area contributed by atoms with Crippen molar-refractivity contribution in [1.82, 2.24) is 44.7 Å². The number of rotatable bonds is 14. The highest BCUT2D eigenvalue weighted by atomic mass is 32.2. The molecular formula is C46H41N12S+. The first-order chi connectivity index (χ1) is 29.1. The van der Waals surface area contributed by atoms with Gasteiger partial charge < -0.3 is 9.80 Å². The molecule has 7 aromatic rings. The first-order valence-electron chi connectivity index (χ1n) is 19.4. The number of benzene rings is 3. The van der Waals surface area contributed by atoms with Gasteiger partial charge in [0.2, 0.25) is 11.0 Å². The number of tetrazole rings is 1. The Hall–Kier alpha value is -7.25. The zero-order chi connectivity index (χ0) is 40.3. The lowest BCUT2D eigenvalue weighted by Crippen LogP contribution is -2.36. The summed E-state index contributed by atoms with van der Waals surface area (Å²) < 4.78 is 6.10. The number of aromatic nitrogens is 10. The van der Waals surface area contributed by atoms with E-state index in [2.05, 4.69) is 85.1 Å². The molecule has 0 radical (unpaired) electrons. The van der Waals surface area contributed by atoms with Crippen molar-refractivity contribution < 1.29 is 4.57 Å². The molecule has 0 spiro atoms. The van der Waals surface area contributed by atoms with Gasteiger partial charge in [-0.2, -0.15) is 4.68 Å². The predicted octanol–water partition coefficient (Wildman–Crippen LogP) is 8.48. The second kappa shape index (κ2) is 16.3. The van der Waals surface area contributed by atoms with Crippen molar-refractivity contribution in [2.24, 2.45) is 0 Å². The van der Waals surface area contributed by atoms with Crippen molar-refractivity contribution >= 4 is 62.8 Å². The standard InChI is InChI=1S/C46H41N12S/c1-5-28-54-39(55(29-6-2)43-42(54)47-35-18-12-13-19-36(35)48-43)26-24-32-22-23-33(41(32)59-46-51-52-53-58(46)34-16-10-9-11-17-34)25-27-40-56(30-7-3)44-45(57(40)31-8-4)50-38-21-15-14-20-37(38)49-44/h5-21,24-27H,1-4,22-23,28-31H2/q+1. The molecule has 0 unspecified atom stereocenters. The van der Waals surface area contributed by atoms with Crippen LogP contribution in [-0.4, -0.2) is 57.8 Å². The van der Waals surface area contributed by atoms with Crippen LogP contribution in [0.25, 0.3) is 45.1 Å². The van der Waals surface area contributed by atoms with Gasteiger partial charge in [0.1, 0.15) is 11.3 Å². The van der Waals surface area contributed by atoms with Crippen molar-refractivity contribution in [2.75, 3.05) is 22.9 Å². The molecule has 0 atom stereocenters. The molecule has 0 saturated heterocycles. The Balaban J connectivity index is 1.18. The maximum Gasteiger partial charge on any atom is 0.323 e. The van der Waals surface area contributed by atoms with E-state index in [0.717, 1.165) is 91.2 Å². The monoisotopic (exact) mass is 793 g/mol. The van der Waals surface area contributed by atoms with Crippen LogP contribution in [0.5, 0.6) is 0 Å². The Labute approximate surface area is 346 Å². The molecule has 12 nitrogen and oxygen atoms in total. The summed E-state index contributed by atoms with van der Waals surface area (Å²) in [5, 5.41) is 13.6. The summed E-state index contributed by atoms with van der Waals surface area (Å²) in [6, 6.07) is 25.9. The topological polar surface area (TPSA) is 110 Å². The Morgan fingerprint density at radius 2 is 1.29 bits per heavy atom. The van der Waals surface area contributed by atoms with Gasteiger partial charge in [0, 0.05) is 24.1 Å². The lowest BCUT2D eigenvalue weighted by atomic mass is 10.2. The lowest BCUT2D eigenvalue weighted by molar-refractivity contribution is -0.665. The zero-order valence-corrected chi connectivity index (χ0v) is 33.3. The minimum absolute atomic E-state index is 0.558. The largest absolute Gasteiger partial charge is 0.323 e. The Kier molecular flexibility index (Phi) is 10.3. The highest BCUT2D eigenvalue weighted by molar-refractivity contribution is 8.03. The van der Waals surface area contributed by atoms with Crippen LogP contribution in [0.4, 0.5) is 11.6 Å². The quantitative estimate of drug-likeness (QED) is 0.0786. The molecule has 0 bridgehead atoms. The Morgan fingerprint density at radius 3 is 1.93 bits per heavy atom. The molecule has 5 heterocycles. The van der Waals surface area contributed by atoms with Crippen LogP contribution in [0, 0.1) is 0 Å². The van der Waals surface area contributed by atoms with Crippen LogP contribution in [-0.2, 0) is 13.1 Å². The summed E-state index contributed by atoms with van der Waals surface area (Å²) in [4.78, 5) is 25.7. The number of hydrogen-bond donors (Lipinski definition) is 0. The number of nitrogens with zero attached hydrogens (tertiary/aromatic N) is 12. The van der Waals surface area contributed by atoms with E-state index < -0.39 is 0 Å². The second-order valence-corrected chi connectivity index (χ2v) is 14.9. The van der Waals surface area contributed by atoms with Crippen molar-refractivity contribution in [2.45, 2.75) is 31.1 Å². The molecule has 0 amide bonds. The third-order valence-electron chi connectivity index (χ3n) is 10.2. The summed E-state index contributed by atoms with van der Waals surface area (Å²) in [5.41, 5.74) is 8.12. The molecule has 59 heavy (non-hydrogen) atoms. The smallest absolute Gasteiger partial charge is 0.305 e. The summed E-state index contributed by atoms with van der Waals surface area (Å²) in [6.07, 6.45) is 17.9. The lowest BCUT2D eigenvalue weighted by Gasteiger charge is -2.22. The van der Waals surface area contributed by atoms with Gasteiger partial charge in [0.05, 0.1) is 29.8 Å². The van der Waals surface area contributed by atoms with Gasteiger partial charge in [-0.05, 0) is 88.7 Å². The third kappa shape index (κ3) is 6.95. The molecule has 13 heteroatoms. The molecule has 290 valence electrons. The Morgan fingerprint density at radius 1 is 0.661 bits per heavy atom. The summed E-state index contributed by atoms with van der Waals surface area (Å²) in [6.45, 7) is 18.5. The molecule has 2 aliphatic rings. The molecule has 1 aliphatic carbocycles. The Bertz CT molecular complexity index is 2790. The fourth-order valence-corrected chi connectivity index (χ4v) is 8.67. The predicted molar refractivity (Wildman–Crippen MR) is 237 cm³/mol. The van der Waals surface area contributed by atoms with E-state index in [4.69, 9.17) is 19.9 Å². The number of para-hydroxylation sites is 5. The third-order valence-corrected chi connectivity index (χ3v) is 11.4. The first-order valence-corrected chi connectivity index (χ1v) is 20.2. The number of fused-ring (bicyclic) bond motifs is 4. The molecule has 0 saturated carbocycles. The highest BCUT2D eigenvalue weighted by Gasteiger charge is 2.34. The van der Waals surface area contributed by atoms with E-state index in [1.54, 1.807) is 16.4 Å². The average molecular weight is 794 g/mol. The van der Waals surface area contributed by atoms with E-state index in [0.29, 0.717) is 31.3 Å². The SMILES string of the molecule is C=CCN1C(=CC=C2CCC(C=Cc3n(CC=C)c4nc5ccccc5nc4[n+]3CC=C)=C2Sc2nnnn2-c2ccccc2)N(CC=C)c2nc3ccccc3nc21. The van der Waals surface area contributed by atoms with Crippen molar-refractivity contribution in [1.29, 1.82) is 0 Å². The number of hydrogen-bond acceptors (Lipinski definition) is 10. The molecule has 3 aromatic carbocycles. The van der Waals surface area contributed by atoms with Gasteiger partial charge in [0.25, 0.3) is 5.65 Å². The van der Waals surface area contributed by atoms with Gasteiger partial charge in [0.15, 0.2) is 17.2 Å². The van der Waals surface area contributed by atoms with Crippen molar-refractivity contribution in [3.8, 4) is 5.69 Å². The number of anilines is 2. The summed E-state index contributed by atoms with van der Waals surface area (Å²) in [7, 11) is 0. The van der Waals surface area contributed by atoms with Gasteiger partial charge in [-0.15, -0.1) is 18.3 Å². The van der Waals surface area contributed by atoms with Crippen LogP contribution < -0.4 is 14.4 Å². The highest BCUT2D eigenvalue weighted by Crippen LogP contribution is 2.44. The van der Waals surface area contributed by atoms with Crippen LogP contribution in [0.3, 0.4) is 0 Å². The van der Waals surface area contributed by atoms with E-state index >= 15 is 0 Å². The van der Waals surface area contributed by atoms with E-state index in [9.17, 15) is 0 Å². The number of imidazole rings is 1. The fourth-order valence-electron chi connectivity index (χ4n) is 7.58. The van der Waals surface area contributed by atoms with Crippen LogP contribution >= 0.6 is 11.8 Å². The zero-order valence-electron chi connectivity index (χ0n) is 32.5.